The lowest BCUT2D eigenvalue weighted by molar-refractivity contribution is -0.123. The summed E-state index contributed by atoms with van der Waals surface area (Å²) in [5.74, 6) is 0.765. The molecule has 3 aliphatic rings. The average molecular weight is 353 g/mol. The second-order valence-electron chi connectivity index (χ2n) is 6.38. The number of carbonyl (C=O) groups is 2. The van der Waals surface area contributed by atoms with Gasteiger partial charge in [0.15, 0.2) is 0 Å². The molecule has 128 valence electrons. The van der Waals surface area contributed by atoms with Crippen LogP contribution in [0.25, 0.3) is 0 Å². The van der Waals surface area contributed by atoms with E-state index >= 15 is 0 Å². The Morgan fingerprint density at radius 2 is 1.86 bits per heavy atom. The smallest absolute Gasteiger partial charge is 0.314 e. The van der Waals surface area contributed by atoms with Gasteiger partial charge >= 0.3 is 6.03 Å². The molecule has 22 heavy (non-hydrogen) atoms. The highest BCUT2D eigenvalue weighted by atomic mass is 35.5. The summed E-state index contributed by atoms with van der Waals surface area (Å²) in [6.45, 7) is 1.18. The van der Waals surface area contributed by atoms with Gasteiger partial charge in [0.25, 0.3) is 0 Å². The predicted molar refractivity (Wildman–Crippen MR) is 89.5 cm³/mol. The first-order valence-corrected chi connectivity index (χ1v) is 7.74. The van der Waals surface area contributed by atoms with Crippen molar-refractivity contribution < 1.29 is 9.59 Å². The summed E-state index contributed by atoms with van der Waals surface area (Å²) < 4.78 is 0. The van der Waals surface area contributed by atoms with Crippen LogP contribution >= 0.6 is 24.8 Å². The number of urea groups is 1. The van der Waals surface area contributed by atoms with Gasteiger partial charge in [0.2, 0.25) is 5.91 Å². The number of amides is 3. The summed E-state index contributed by atoms with van der Waals surface area (Å²) >= 11 is 0. The summed E-state index contributed by atoms with van der Waals surface area (Å²) in [5.41, 5.74) is 5.25. The van der Waals surface area contributed by atoms with E-state index in [2.05, 4.69) is 10.6 Å². The number of hydrogen-bond donors (Lipinski definition) is 3. The van der Waals surface area contributed by atoms with Gasteiger partial charge in [0.05, 0.1) is 6.04 Å². The quantitative estimate of drug-likeness (QED) is 0.693. The Morgan fingerprint density at radius 1 is 1.14 bits per heavy atom. The van der Waals surface area contributed by atoms with Crippen LogP contribution in [-0.2, 0) is 4.79 Å². The number of nitrogens with two attached hydrogens (primary N) is 1. The predicted octanol–water partition coefficient (Wildman–Crippen LogP) is 1.02. The fraction of sp³-hybridized carbons (Fsp3) is 0.857. The molecule has 2 heterocycles. The van der Waals surface area contributed by atoms with Gasteiger partial charge in [-0.15, -0.1) is 24.8 Å². The normalized spacial score (nSPS) is 33.4. The molecule has 0 radical (unpaired) electrons. The third kappa shape index (κ3) is 4.18. The number of likely N-dealkylation sites (tertiary alicyclic amines) is 1. The first kappa shape index (κ1) is 19.3. The van der Waals surface area contributed by atoms with Crippen LogP contribution in [0.1, 0.15) is 38.5 Å². The number of carbonyl (C=O) groups excluding carboxylic acids is 2. The molecule has 0 aromatic heterocycles. The minimum absolute atomic E-state index is 0. The maximum atomic E-state index is 12.3. The third-order valence-corrected chi connectivity index (χ3v) is 5.03. The number of primary amides is 1. The van der Waals surface area contributed by atoms with E-state index in [1.54, 1.807) is 4.90 Å². The number of nitrogens with zero attached hydrogens (tertiary/aromatic N) is 1. The lowest BCUT2D eigenvalue weighted by atomic mass is 9.85. The highest BCUT2D eigenvalue weighted by Crippen LogP contribution is 2.33. The Balaban J connectivity index is 0.00000121. The van der Waals surface area contributed by atoms with E-state index in [9.17, 15) is 9.59 Å². The highest BCUT2D eigenvalue weighted by molar-refractivity contribution is 5.85. The molecule has 3 rings (SSSR count). The van der Waals surface area contributed by atoms with Crippen molar-refractivity contribution in [2.24, 2.45) is 11.7 Å². The molecule has 0 bridgehead atoms. The van der Waals surface area contributed by atoms with E-state index in [0.29, 0.717) is 25.0 Å². The molecule has 1 saturated carbocycles. The number of halogens is 2. The maximum absolute atomic E-state index is 12.3. The van der Waals surface area contributed by atoms with Crippen LogP contribution in [0, 0.1) is 5.92 Å². The number of nitrogens with one attached hydrogen (secondary N) is 2. The molecule has 6 nitrogen and oxygen atoms in total. The van der Waals surface area contributed by atoms with Crippen molar-refractivity contribution in [3.8, 4) is 0 Å². The lowest BCUT2D eigenvalue weighted by Crippen LogP contribution is -2.48. The Labute approximate surface area is 143 Å². The summed E-state index contributed by atoms with van der Waals surface area (Å²) in [5, 5.41) is 6.55. The Morgan fingerprint density at radius 3 is 2.50 bits per heavy atom. The zero-order valence-corrected chi connectivity index (χ0v) is 14.3. The molecule has 4 atom stereocenters. The molecule has 4 N–H and O–H groups in total. The van der Waals surface area contributed by atoms with E-state index in [-0.39, 0.29) is 42.8 Å². The number of fused-ring (bicyclic) bond motifs is 1. The van der Waals surface area contributed by atoms with Gasteiger partial charge < -0.3 is 21.3 Å². The summed E-state index contributed by atoms with van der Waals surface area (Å²) in [6.07, 6.45) is 6.79. The fourth-order valence-electron chi connectivity index (χ4n) is 3.90. The van der Waals surface area contributed by atoms with Gasteiger partial charge in [-0.1, -0.05) is 12.8 Å². The monoisotopic (exact) mass is 352 g/mol. The second kappa shape index (κ2) is 8.22. The summed E-state index contributed by atoms with van der Waals surface area (Å²) in [7, 11) is 0. The Kier molecular flexibility index (Phi) is 7.22. The van der Waals surface area contributed by atoms with Crippen molar-refractivity contribution in [1.82, 2.24) is 15.5 Å². The van der Waals surface area contributed by atoms with E-state index in [4.69, 9.17) is 5.73 Å². The topological polar surface area (TPSA) is 87.5 Å². The van der Waals surface area contributed by atoms with E-state index in [1.807, 2.05) is 0 Å². The molecule has 3 fully saturated rings. The average Bonchev–Trinajstić information content (AvgIpc) is 3.04. The molecule has 0 spiro atoms. The Bertz CT molecular complexity index is 396. The van der Waals surface area contributed by atoms with Crippen LogP contribution in [0.4, 0.5) is 4.79 Å². The van der Waals surface area contributed by atoms with Crippen molar-refractivity contribution in [1.29, 1.82) is 0 Å². The van der Waals surface area contributed by atoms with Crippen molar-refractivity contribution in [3.63, 3.8) is 0 Å². The standard InChI is InChI=1S/C14H24N4O2.2ClH/c15-14(20)18-6-5-10(8-18)16-13(19)12-7-9-3-1-2-4-11(9)17-12;;/h9-12,17H,1-8H2,(H2,15,20)(H,16,19);2*1H. The second-order valence-corrected chi connectivity index (χ2v) is 6.38. The zero-order chi connectivity index (χ0) is 14.1. The van der Waals surface area contributed by atoms with Gasteiger partial charge in [-0.25, -0.2) is 4.79 Å². The molecule has 0 aromatic carbocycles. The molecule has 2 aliphatic heterocycles. The van der Waals surface area contributed by atoms with Crippen LogP contribution < -0.4 is 16.4 Å². The van der Waals surface area contributed by atoms with Crippen LogP contribution in [0.3, 0.4) is 0 Å². The summed E-state index contributed by atoms with van der Waals surface area (Å²) in [6, 6.07) is 0.141. The van der Waals surface area contributed by atoms with Gasteiger partial charge in [0, 0.05) is 25.2 Å². The third-order valence-electron chi connectivity index (χ3n) is 5.03. The molecular formula is C14H26Cl2N4O2. The van der Waals surface area contributed by atoms with Crippen molar-refractivity contribution >= 4 is 36.8 Å². The molecule has 8 heteroatoms. The molecule has 4 unspecified atom stereocenters. The SMILES string of the molecule is Cl.Cl.NC(=O)N1CCC(NC(=O)C2CC3CCCCC3N2)C1. The first-order valence-electron chi connectivity index (χ1n) is 7.74. The number of rotatable bonds is 2. The molecule has 3 amide bonds. The fourth-order valence-corrected chi connectivity index (χ4v) is 3.90. The van der Waals surface area contributed by atoms with E-state index in [1.165, 1.54) is 25.7 Å². The van der Waals surface area contributed by atoms with Gasteiger partial charge in [-0.3, -0.25) is 4.79 Å². The minimum Gasteiger partial charge on any atom is -0.351 e. The van der Waals surface area contributed by atoms with Gasteiger partial charge in [-0.2, -0.15) is 0 Å². The van der Waals surface area contributed by atoms with Crippen molar-refractivity contribution in [2.75, 3.05) is 13.1 Å². The maximum Gasteiger partial charge on any atom is 0.314 e. The van der Waals surface area contributed by atoms with Crippen LogP contribution in [0.5, 0.6) is 0 Å². The molecular weight excluding hydrogens is 327 g/mol. The zero-order valence-electron chi connectivity index (χ0n) is 12.6. The van der Waals surface area contributed by atoms with E-state index < -0.39 is 6.03 Å². The van der Waals surface area contributed by atoms with Crippen LogP contribution in [0.2, 0.25) is 0 Å². The van der Waals surface area contributed by atoms with Crippen molar-refractivity contribution in [2.45, 2.75) is 56.7 Å². The number of hydrogen-bond acceptors (Lipinski definition) is 3. The summed E-state index contributed by atoms with van der Waals surface area (Å²) in [4.78, 5) is 25.0. The molecule has 2 saturated heterocycles. The Hall–Kier alpha value is -0.720. The van der Waals surface area contributed by atoms with Gasteiger partial charge in [0.1, 0.15) is 0 Å². The van der Waals surface area contributed by atoms with Gasteiger partial charge in [-0.05, 0) is 31.6 Å². The largest absolute Gasteiger partial charge is 0.351 e. The van der Waals surface area contributed by atoms with E-state index in [0.717, 1.165) is 12.8 Å². The molecule has 0 aromatic rings. The highest BCUT2D eigenvalue weighted by Gasteiger charge is 2.39. The lowest BCUT2D eigenvalue weighted by Gasteiger charge is -2.24. The van der Waals surface area contributed by atoms with Crippen molar-refractivity contribution in [3.05, 3.63) is 0 Å². The van der Waals surface area contributed by atoms with Crippen LogP contribution in [0.15, 0.2) is 0 Å². The molecule has 1 aliphatic carbocycles. The first-order chi connectivity index (χ1) is 9.63. The van der Waals surface area contributed by atoms with Crippen LogP contribution in [-0.4, -0.2) is 48.1 Å². The minimum atomic E-state index is -0.397.